The molecule has 2 amide bonds. The van der Waals surface area contributed by atoms with Crippen LogP contribution in [0, 0.1) is 5.82 Å². The third-order valence-electron chi connectivity index (χ3n) is 3.30. The number of carbonyl (C=O) groups is 3. The summed E-state index contributed by atoms with van der Waals surface area (Å²) in [6, 6.07) is 2.14. The summed E-state index contributed by atoms with van der Waals surface area (Å²) in [5.74, 6) is -2.61. The van der Waals surface area contributed by atoms with Crippen molar-refractivity contribution in [3.05, 3.63) is 28.0 Å². The second-order valence-corrected chi connectivity index (χ2v) is 5.74. The Bertz CT molecular complexity index is 633. The summed E-state index contributed by atoms with van der Waals surface area (Å²) >= 11 is 3.13. The Morgan fingerprint density at radius 3 is 2.71 bits per heavy atom. The van der Waals surface area contributed by atoms with Crippen molar-refractivity contribution >= 4 is 39.2 Å². The van der Waals surface area contributed by atoms with E-state index in [4.69, 9.17) is 0 Å². The molecule has 1 heterocycles. The zero-order valence-corrected chi connectivity index (χ0v) is 13.2. The lowest BCUT2D eigenvalue weighted by Gasteiger charge is -2.19. The second kappa shape index (κ2) is 5.93. The molecule has 1 atom stereocenters. The van der Waals surface area contributed by atoms with Crippen molar-refractivity contribution in [3.63, 3.8) is 0 Å². The van der Waals surface area contributed by atoms with Crippen LogP contribution in [0.5, 0.6) is 0 Å². The van der Waals surface area contributed by atoms with Crippen molar-refractivity contribution in [1.82, 2.24) is 5.32 Å². The van der Waals surface area contributed by atoms with Gasteiger partial charge in [0.1, 0.15) is 12.4 Å². The first-order valence-electron chi connectivity index (χ1n) is 6.49. The number of halogens is 2. The van der Waals surface area contributed by atoms with Crippen molar-refractivity contribution in [3.8, 4) is 0 Å². The van der Waals surface area contributed by atoms with Crippen LogP contribution >= 0.6 is 15.9 Å². The summed E-state index contributed by atoms with van der Waals surface area (Å²) in [5.41, 5.74) is 0.217. The summed E-state index contributed by atoms with van der Waals surface area (Å²) in [6.45, 7) is 3.49. The van der Waals surface area contributed by atoms with Gasteiger partial charge in [0.15, 0.2) is 0 Å². The highest BCUT2D eigenvalue weighted by Gasteiger charge is 2.38. The highest BCUT2D eigenvalue weighted by atomic mass is 79.9. The van der Waals surface area contributed by atoms with Crippen LogP contribution in [0.3, 0.4) is 0 Å². The largest absolute Gasteiger partial charge is 0.352 e. The molecule has 112 valence electrons. The number of fused-ring (bicyclic) bond motifs is 1. The van der Waals surface area contributed by atoms with E-state index < -0.39 is 17.5 Å². The van der Waals surface area contributed by atoms with Gasteiger partial charge in [-0.05, 0) is 41.4 Å². The molecule has 1 aromatic rings. The first-order chi connectivity index (χ1) is 9.85. The maximum Gasteiger partial charge on any atom is 0.299 e. The Kier molecular flexibility index (Phi) is 4.41. The minimum absolute atomic E-state index is 0.0248. The lowest BCUT2D eigenvalue weighted by atomic mass is 10.1. The summed E-state index contributed by atoms with van der Waals surface area (Å²) in [5, 5.41) is 2.72. The van der Waals surface area contributed by atoms with Crippen molar-refractivity contribution in [2.45, 2.75) is 26.3 Å². The third kappa shape index (κ3) is 2.97. The number of carbonyl (C=O) groups excluding carboxylic acids is 3. The van der Waals surface area contributed by atoms with Gasteiger partial charge in [-0.3, -0.25) is 19.3 Å². The zero-order chi connectivity index (χ0) is 15.7. The Balaban J connectivity index is 2.29. The molecule has 0 bridgehead atoms. The molecule has 21 heavy (non-hydrogen) atoms. The summed E-state index contributed by atoms with van der Waals surface area (Å²) < 4.78 is 13.6. The Labute approximate surface area is 129 Å². The smallest absolute Gasteiger partial charge is 0.299 e. The highest BCUT2D eigenvalue weighted by molar-refractivity contribution is 9.10. The van der Waals surface area contributed by atoms with Gasteiger partial charge in [-0.2, -0.15) is 0 Å². The molecule has 1 aromatic carbocycles. The van der Waals surface area contributed by atoms with E-state index in [1.807, 2.05) is 13.8 Å². The topological polar surface area (TPSA) is 66.5 Å². The SMILES string of the molecule is CCC(C)NC(=O)CN1C(=O)C(=O)c2cc(F)cc(Br)c21. The van der Waals surface area contributed by atoms with Crippen LogP contribution in [0.1, 0.15) is 30.6 Å². The minimum Gasteiger partial charge on any atom is -0.352 e. The average molecular weight is 357 g/mol. The molecule has 0 aromatic heterocycles. The van der Waals surface area contributed by atoms with E-state index in [0.717, 1.165) is 23.5 Å². The molecule has 1 aliphatic heterocycles. The number of ketones is 1. The molecule has 2 rings (SSSR count). The molecule has 1 aliphatic rings. The predicted octanol–water partition coefficient (Wildman–Crippen LogP) is 2.03. The van der Waals surface area contributed by atoms with Crippen LogP contribution < -0.4 is 10.2 Å². The summed E-state index contributed by atoms with van der Waals surface area (Å²) in [6.07, 6.45) is 0.754. The molecule has 1 N–H and O–H groups in total. The molecular weight excluding hydrogens is 343 g/mol. The standard InChI is InChI=1S/C14H14BrFN2O3/c1-3-7(2)17-11(19)6-18-12-9(13(20)14(18)21)4-8(16)5-10(12)15/h4-5,7H,3,6H2,1-2H3,(H,17,19). The van der Waals surface area contributed by atoms with E-state index in [0.29, 0.717) is 0 Å². The van der Waals surface area contributed by atoms with Gasteiger partial charge in [0.25, 0.3) is 11.7 Å². The van der Waals surface area contributed by atoms with Gasteiger partial charge in [0.2, 0.25) is 5.91 Å². The Morgan fingerprint density at radius 1 is 1.43 bits per heavy atom. The maximum atomic E-state index is 13.3. The van der Waals surface area contributed by atoms with Crippen LogP contribution in [-0.2, 0) is 9.59 Å². The van der Waals surface area contributed by atoms with Gasteiger partial charge in [0, 0.05) is 10.5 Å². The molecule has 7 heteroatoms. The first kappa shape index (κ1) is 15.6. The van der Waals surface area contributed by atoms with E-state index in [-0.39, 0.29) is 34.2 Å². The third-order valence-corrected chi connectivity index (χ3v) is 3.91. The molecule has 0 spiro atoms. The van der Waals surface area contributed by atoms with Gasteiger partial charge in [-0.15, -0.1) is 0 Å². The molecule has 0 radical (unpaired) electrons. The van der Waals surface area contributed by atoms with E-state index in [9.17, 15) is 18.8 Å². The lowest BCUT2D eigenvalue weighted by Crippen LogP contribution is -2.43. The number of rotatable bonds is 4. The normalized spacial score (nSPS) is 15.1. The van der Waals surface area contributed by atoms with Crippen molar-refractivity contribution in [2.75, 3.05) is 11.4 Å². The van der Waals surface area contributed by atoms with Crippen molar-refractivity contribution in [1.29, 1.82) is 0 Å². The highest BCUT2D eigenvalue weighted by Crippen LogP contribution is 2.36. The summed E-state index contributed by atoms with van der Waals surface area (Å²) in [4.78, 5) is 36.8. The zero-order valence-electron chi connectivity index (χ0n) is 11.6. The fraction of sp³-hybridized carbons (Fsp3) is 0.357. The molecule has 0 saturated heterocycles. The number of nitrogens with one attached hydrogen (secondary N) is 1. The predicted molar refractivity (Wildman–Crippen MR) is 78.7 cm³/mol. The van der Waals surface area contributed by atoms with E-state index in [2.05, 4.69) is 21.2 Å². The average Bonchev–Trinajstić information content (AvgIpc) is 2.64. The monoisotopic (exact) mass is 356 g/mol. The van der Waals surface area contributed by atoms with Crippen LogP contribution in [0.15, 0.2) is 16.6 Å². The quantitative estimate of drug-likeness (QED) is 0.839. The van der Waals surface area contributed by atoms with Crippen LogP contribution in [0.25, 0.3) is 0 Å². The number of benzene rings is 1. The number of Topliss-reactive ketones (excluding diaryl/α,β-unsaturated/α-hetero) is 1. The van der Waals surface area contributed by atoms with Gasteiger partial charge in [0.05, 0.1) is 11.3 Å². The van der Waals surface area contributed by atoms with Crippen LogP contribution in [0.4, 0.5) is 10.1 Å². The number of anilines is 1. The van der Waals surface area contributed by atoms with E-state index in [1.54, 1.807) is 0 Å². The molecule has 0 aliphatic carbocycles. The van der Waals surface area contributed by atoms with Crippen molar-refractivity contribution in [2.24, 2.45) is 0 Å². The number of hydrogen-bond acceptors (Lipinski definition) is 3. The number of hydrogen-bond donors (Lipinski definition) is 1. The molecule has 5 nitrogen and oxygen atoms in total. The first-order valence-corrected chi connectivity index (χ1v) is 7.29. The van der Waals surface area contributed by atoms with E-state index >= 15 is 0 Å². The second-order valence-electron chi connectivity index (χ2n) is 4.88. The molecular formula is C14H14BrFN2O3. The fourth-order valence-corrected chi connectivity index (χ4v) is 2.72. The van der Waals surface area contributed by atoms with Crippen molar-refractivity contribution < 1.29 is 18.8 Å². The fourth-order valence-electron chi connectivity index (χ4n) is 2.07. The molecule has 0 saturated carbocycles. The van der Waals surface area contributed by atoms with Gasteiger partial charge in [-0.1, -0.05) is 6.92 Å². The van der Waals surface area contributed by atoms with Gasteiger partial charge < -0.3 is 5.32 Å². The van der Waals surface area contributed by atoms with Crippen LogP contribution in [-0.4, -0.2) is 30.2 Å². The van der Waals surface area contributed by atoms with Gasteiger partial charge in [-0.25, -0.2) is 4.39 Å². The number of amides is 2. The lowest BCUT2D eigenvalue weighted by molar-refractivity contribution is -0.122. The molecule has 1 unspecified atom stereocenters. The van der Waals surface area contributed by atoms with E-state index in [1.165, 1.54) is 0 Å². The Morgan fingerprint density at radius 2 is 2.10 bits per heavy atom. The maximum absolute atomic E-state index is 13.3. The molecule has 0 fully saturated rings. The number of nitrogens with zero attached hydrogens (tertiary/aromatic N) is 1. The summed E-state index contributed by atoms with van der Waals surface area (Å²) in [7, 11) is 0. The van der Waals surface area contributed by atoms with Gasteiger partial charge >= 0.3 is 0 Å². The Hall–Kier alpha value is -1.76. The minimum atomic E-state index is -0.824. The van der Waals surface area contributed by atoms with Crippen LogP contribution in [0.2, 0.25) is 0 Å².